The van der Waals surface area contributed by atoms with Gasteiger partial charge in [0.2, 0.25) is 0 Å². The first-order chi connectivity index (χ1) is 8.13. The van der Waals surface area contributed by atoms with Gasteiger partial charge in [-0.25, -0.2) is 0 Å². The van der Waals surface area contributed by atoms with E-state index in [1.807, 2.05) is 6.07 Å². The van der Waals surface area contributed by atoms with Crippen LogP contribution in [-0.2, 0) is 4.74 Å². The van der Waals surface area contributed by atoms with Gasteiger partial charge < -0.3 is 10.1 Å². The zero-order valence-electron chi connectivity index (χ0n) is 10.2. The van der Waals surface area contributed by atoms with Gasteiger partial charge in [0, 0.05) is 18.2 Å². The van der Waals surface area contributed by atoms with Crippen LogP contribution in [0.4, 0.5) is 5.69 Å². The topological polar surface area (TPSA) is 45.0 Å². The van der Waals surface area contributed by atoms with Gasteiger partial charge in [0.1, 0.15) is 6.07 Å². The van der Waals surface area contributed by atoms with Crippen molar-refractivity contribution in [3.8, 4) is 6.07 Å². The van der Waals surface area contributed by atoms with Crippen LogP contribution in [0.25, 0.3) is 0 Å². The maximum atomic E-state index is 8.94. The maximum absolute atomic E-state index is 8.94. The molecule has 1 aromatic rings. The molecule has 4 heteroatoms. The number of ether oxygens (including phenoxy) is 1. The van der Waals surface area contributed by atoms with Gasteiger partial charge in [-0.3, -0.25) is 0 Å². The van der Waals surface area contributed by atoms with Gasteiger partial charge >= 0.3 is 0 Å². The predicted molar refractivity (Wildman–Crippen MR) is 70.3 cm³/mol. The zero-order valence-corrected chi connectivity index (χ0v) is 10.9. The highest BCUT2D eigenvalue weighted by molar-refractivity contribution is 6.30. The van der Waals surface area contributed by atoms with Gasteiger partial charge in [-0.05, 0) is 24.1 Å². The van der Waals surface area contributed by atoms with Gasteiger partial charge in [0.25, 0.3) is 0 Å². The smallest absolute Gasteiger partial charge is 0.101 e. The average molecular weight is 253 g/mol. The monoisotopic (exact) mass is 252 g/mol. The molecule has 0 bridgehead atoms. The van der Waals surface area contributed by atoms with Crippen molar-refractivity contribution in [1.29, 1.82) is 5.26 Å². The highest BCUT2D eigenvalue weighted by Crippen LogP contribution is 2.19. The number of nitrogens with one attached hydrogen (secondary N) is 1. The molecule has 0 spiro atoms. The number of benzene rings is 1. The van der Waals surface area contributed by atoms with Crippen molar-refractivity contribution in [2.45, 2.75) is 13.8 Å². The van der Waals surface area contributed by atoms with E-state index in [9.17, 15) is 0 Å². The second kappa shape index (κ2) is 7.16. The Morgan fingerprint density at radius 3 is 2.88 bits per heavy atom. The molecule has 0 saturated heterocycles. The fourth-order valence-corrected chi connectivity index (χ4v) is 1.51. The molecule has 17 heavy (non-hydrogen) atoms. The molecule has 0 atom stereocenters. The first-order valence-electron chi connectivity index (χ1n) is 5.64. The molecule has 0 aliphatic heterocycles. The van der Waals surface area contributed by atoms with E-state index in [0.717, 1.165) is 12.3 Å². The van der Waals surface area contributed by atoms with Crippen LogP contribution in [0.1, 0.15) is 19.4 Å². The minimum atomic E-state index is 0.542. The zero-order chi connectivity index (χ0) is 12.7. The van der Waals surface area contributed by atoms with E-state index in [-0.39, 0.29) is 0 Å². The molecule has 0 radical (unpaired) electrons. The molecule has 0 aliphatic carbocycles. The highest BCUT2D eigenvalue weighted by Gasteiger charge is 2.02. The van der Waals surface area contributed by atoms with Gasteiger partial charge in [0.05, 0.1) is 17.9 Å². The van der Waals surface area contributed by atoms with Crippen LogP contribution in [0.15, 0.2) is 18.2 Å². The van der Waals surface area contributed by atoms with Crippen molar-refractivity contribution < 1.29 is 4.74 Å². The molecule has 92 valence electrons. The number of anilines is 1. The van der Waals surface area contributed by atoms with E-state index in [1.54, 1.807) is 12.1 Å². The molecule has 0 amide bonds. The third-order valence-electron chi connectivity index (χ3n) is 2.12. The minimum Gasteiger partial charge on any atom is -0.382 e. The van der Waals surface area contributed by atoms with E-state index in [1.165, 1.54) is 0 Å². The van der Waals surface area contributed by atoms with Gasteiger partial charge in [-0.1, -0.05) is 25.4 Å². The summed E-state index contributed by atoms with van der Waals surface area (Å²) in [6.07, 6.45) is 0. The van der Waals surface area contributed by atoms with Crippen molar-refractivity contribution in [3.05, 3.63) is 28.8 Å². The summed E-state index contributed by atoms with van der Waals surface area (Å²) in [5, 5.41) is 12.7. The summed E-state index contributed by atoms with van der Waals surface area (Å²) in [6, 6.07) is 7.33. The third-order valence-corrected chi connectivity index (χ3v) is 2.35. The Morgan fingerprint density at radius 2 is 2.24 bits per heavy atom. The molecule has 0 heterocycles. The number of hydrogen-bond acceptors (Lipinski definition) is 3. The molecule has 1 rings (SSSR count). The first-order valence-corrected chi connectivity index (χ1v) is 6.02. The lowest BCUT2D eigenvalue weighted by Crippen LogP contribution is -2.12. The molecular weight excluding hydrogens is 236 g/mol. The van der Waals surface area contributed by atoms with E-state index in [0.29, 0.717) is 29.7 Å². The quantitative estimate of drug-likeness (QED) is 0.790. The predicted octanol–water partition coefficient (Wildman–Crippen LogP) is 3.30. The summed E-state index contributed by atoms with van der Waals surface area (Å²) >= 11 is 5.81. The van der Waals surface area contributed by atoms with E-state index in [4.69, 9.17) is 21.6 Å². The van der Waals surface area contributed by atoms with E-state index >= 15 is 0 Å². The fraction of sp³-hybridized carbons (Fsp3) is 0.462. The summed E-state index contributed by atoms with van der Waals surface area (Å²) in [6.45, 7) is 6.29. The minimum absolute atomic E-state index is 0.542. The number of hydrogen-bond donors (Lipinski definition) is 1. The van der Waals surface area contributed by atoms with Crippen molar-refractivity contribution >= 4 is 17.3 Å². The largest absolute Gasteiger partial charge is 0.382 e. The Hall–Kier alpha value is -1.24. The Balaban J connectivity index is 2.39. The van der Waals surface area contributed by atoms with Crippen LogP contribution in [0.2, 0.25) is 5.02 Å². The van der Waals surface area contributed by atoms with Crippen LogP contribution in [-0.4, -0.2) is 19.8 Å². The fourth-order valence-electron chi connectivity index (χ4n) is 1.34. The van der Waals surface area contributed by atoms with Crippen LogP contribution >= 0.6 is 11.6 Å². The SMILES string of the molecule is CC(C)COCCNc1ccc(Cl)cc1C#N. The molecule has 0 fully saturated rings. The van der Waals surface area contributed by atoms with Crippen LogP contribution in [0.5, 0.6) is 0 Å². The Morgan fingerprint density at radius 1 is 1.47 bits per heavy atom. The maximum Gasteiger partial charge on any atom is 0.101 e. The van der Waals surface area contributed by atoms with Gasteiger partial charge in [-0.15, -0.1) is 0 Å². The van der Waals surface area contributed by atoms with Crippen molar-refractivity contribution in [3.63, 3.8) is 0 Å². The van der Waals surface area contributed by atoms with Crippen molar-refractivity contribution in [2.75, 3.05) is 25.1 Å². The Bertz CT molecular complexity index is 399. The van der Waals surface area contributed by atoms with Crippen molar-refractivity contribution in [2.24, 2.45) is 5.92 Å². The second-order valence-electron chi connectivity index (χ2n) is 4.20. The van der Waals surface area contributed by atoms with Crippen molar-refractivity contribution in [1.82, 2.24) is 0 Å². The summed E-state index contributed by atoms with van der Waals surface area (Å²) in [5.41, 5.74) is 1.35. The summed E-state index contributed by atoms with van der Waals surface area (Å²) < 4.78 is 5.44. The molecule has 3 nitrogen and oxygen atoms in total. The molecular formula is C13H17ClN2O. The first kappa shape index (κ1) is 13.8. The molecule has 1 N–H and O–H groups in total. The lowest BCUT2D eigenvalue weighted by atomic mass is 10.2. The summed E-state index contributed by atoms with van der Waals surface area (Å²) in [7, 11) is 0. The number of nitrogens with zero attached hydrogens (tertiary/aromatic N) is 1. The van der Waals surface area contributed by atoms with Crippen LogP contribution in [0, 0.1) is 17.2 Å². The van der Waals surface area contributed by atoms with Crippen LogP contribution < -0.4 is 5.32 Å². The molecule has 0 saturated carbocycles. The lowest BCUT2D eigenvalue weighted by Gasteiger charge is -2.10. The lowest BCUT2D eigenvalue weighted by molar-refractivity contribution is 0.118. The average Bonchev–Trinajstić information content (AvgIpc) is 2.29. The molecule has 1 aromatic carbocycles. The molecule has 0 aromatic heterocycles. The van der Waals surface area contributed by atoms with E-state index < -0.39 is 0 Å². The molecule has 0 aliphatic rings. The number of nitriles is 1. The Labute approximate surface area is 107 Å². The third kappa shape index (κ3) is 5.08. The van der Waals surface area contributed by atoms with Gasteiger partial charge in [-0.2, -0.15) is 5.26 Å². The van der Waals surface area contributed by atoms with Crippen LogP contribution in [0.3, 0.4) is 0 Å². The molecule has 0 unspecified atom stereocenters. The van der Waals surface area contributed by atoms with Gasteiger partial charge in [0.15, 0.2) is 0 Å². The number of rotatable bonds is 6. The number of halogens is 1. The normalized spacial score (nSPS) is 10.3. The second-order valence-corrected chi connectivity index (χ2v) is 4.63. The van der Waals surface area contributed by atoms with E-state index in [2.05, 4.69) is 25.2 Å². The standard InChI is InChI=1S/C13H17ClN2O/c1-10(2)9-17-6-5-16-13-4-3-12(14)7-11(13)8-15/h3-4,7,10,16H,5-6,9H2,1-2H3. The highest BCUT2D eigenvalue weighted by atomic mass is 35.5. The summed E-state index contributed by atoms with van der Waals surface area (Å²) in [5.74, 6) is 0.542. The Kier molecular flexibility index (Phi) is 5.82. The summed E-state index contributed by atoms with van der Waals surface area (Å²) in [4.78, 5) is 0.